The minimum Gasteiger partial charge on any atom is -0.335 e. The molecule has 1 saturated heterocycles. The summed E-state index contributed by atoms with van der Waals surface area (Å²) >= 11 is 0. The molecule has 108 valence electrons. The minimum atomic E-state index is -1.65. The molecule has 0 aromatic heterocycles. The second-order valence-electron chi connectivity index (χ2n) is 4.92. The summed E-state index contributed by atoms with van der Waals surface area (Å²) in [7, 11) is 0. The van der Waals surface area contributed by atoms with Gasteiger partial charge in [0.1, 0.15) is 5.78 Å². The molecule has 0 saturated carbocycles. The van der Waals surface area contributed by atoms with E-state index in [4.69, 9.17) is 0 Å². The topological polar surface area (TPSA) is 37.4 Å². The molecule has 1 aliphatic heterocycles. The number of carbonyl (C=O) groups is 2. The van der Waals surface area contributed by atoms with Gasteiger partial charge in [0.25, 0.3) is 5.91 Å². The third-order valence-electron chi connectivity index (χ3n) is 3.43. The summed E-state index contributed by atoms with van der Waals surface area (Å²) in [5, 5.41) is 0. The summed E-state index contributed by atoms with van der Waals surface area (Å²) in [5.41, 5.74) is -0.501. The van der Waals surface area contributed by atoms with Gasteiger partial charge in [0.05, 0.1) is 5.56 Å². The molecule has 1 aromatic rings. The molecular formula is C14H14F3NO2. The van der Waals surface area contributed by atoms with Crippen LogP contribution in [-0.2, 0) is 4.79 Å². The number of nitrogens with zero attached hydrogens (tertiary/aromatic N) is 1. The number of carbonyl (C=O) groups excluding carboxylic acids is 2. The van der Waals surface area contributed by atoms with Gasteiger partial charge in [0, 0.05) is 19.0 Å². The third-order valence-corrected chi connectivity index (χ3v) is 3.43. The van der Waals surface area contributed by atoms with Crippen molar-refractivity contribution in [3.8, 4) is 0 Å². The molecule has 6 heteroatoms. The molecule has 1 fully saturated rings. The number of likely N-dealkylation sites (tertiary alicyclic amines) is 1. The van der Waals surface area contributed by atoms with Gasteiger partial charge in [-0.3, -0.25) is 9.59 Å². The highest BCUT2D eigenvalue weighted by molar-refractivity contribution is 5.95. The van der Waals surface area contributed by atoms with Crippen LogP contribution >= 0.6 is 0 Å². The van der Waals surface area contributed by atoms with Gasteiger partial charge in [-0.05, 0) is 31.9 Å². The summed E-state index contributed by atoms with van der Waals surface area (Å²) in [6.07, 6.45) is 1.54. The van der Waals surface area contributed by atoms with Crippen LogP contribution in [0.2, 0.25) is 0 Å². The quantitative estimate of drug-likeness (QED) is 0.801. The number of halogens is 3. The van der Waals surface area contributed by atoms with Crippen molar-refractivity contribution in [1.29, 1.82) is 0 Å². The van der Waals surface area contributed by atoms with Crippen molar-refractivity contribution >= 4 is 11.7 Å². The first-order valence-corrected chi connectivity index (χ1v) is 6.35. The summed E-state index contributed by atoms with van der Waals surface area (Å²) in [5.74, 6) is -5.24. The number of hydrogen-bond acceptors (Lipinski definition) is 2. The van der Waals surface area contributed by atoms with Gasteiger partial charge in [-0.25, -0.2) is 13.2 Å². The van der Waals surface area contributed by atoms with Crippen molar-refractivity contribution in [2.45, 2.75) is 32.2 Å². The maximum absolute atomic E-state index is 13.6. The van der Waals surface area contributed by atoms with Crippen LogP contribution in [0.3, 0.4) is 0 Å². The first-order chi connectivity index (χ1) is 9.41. The van der Waals surface area contributed by atoms with E-state index in [1.165, 1.54) is 11.8 Å². The van der Waals surface area contributed by atoms with Gasteiger partial charge in [-0.1, -0.05) is 0 Å². The van der Waals surface area contributed by atoms with Gasteiger partial charge in [0.2, 0.25) is 0 Å². The highest BCUT2D eigenvalue weighted by Gasteiger charge is 2.32. The number of benzene rings is 1. The van der Waals surface area contributed by atoms with Crippen molar-refractivity contribution in [1.82, 2.24) is 4.90 Å². The van der Waals surface area contributed by atoms with Crippen molar-refractivity contribution in [3.05, 3.63) is 35.1 Å². The summed E-state index contributed by atoms with van der Waals surface area (Å²) in [4.78, 5) is 24.7. The van der Waals surface area contributed by atoms with Crippen molar-refractivity contribution < 1.29 is 22.8 Å². The fourth-order valence-electron chi connectivity index (χ4n) is 2.49. The fourth-order valence-corrected chi connectivity index (χ4v) is 2.49. The smallest absolute Gasteiger partial charge is 0.257 e. The molecule has 1 unspecified atom stereocenters. The lowest BCUT2D eigenvalue weighted by molar-refractivity contribution is -0.117. The van der Waals surface area contributed by atoms with Crippen LogP contribution in [0.15, 0.2) is 12.1 Å². The van der Waals surface area contributed by atoms with Gasteiger partial charge >= 0.3 is 0 Å². The van der Waals surface area contributed by atoms with E-state index in [0.717, 1.165) is 12.1 Å². The van der Waals surface area contributed by atoms with E-state index in [1.54, 1.807) is 0 Å². The zero-order valence-electron chi connectivity index (χ0n) is 11.0. The Morgan fingerprint density at radius 1 is 1.25 bits per heavy atom. The molecule has 0 spiro atoms. The number of Topliss-reactive ketones (excluding diaryl/α,β-unsaturated/α-hetero) is 1. The molecule has 0 bridgehead atoms. The van der Waals surface area contributed by atoms with Crippen LogP contribution in [-0.4, -0.2) is 29.2 Å². The predicted octanol–water partition coefficient (Wildman–Crippen LogP) is 2.69. The SMILES string of the molecule is CC(=O)CC1CCCN1C(=O)c1ccc(F)c(F)c1F. The Kier molecular flexibility index (Phi) is 4.11. The lowest BCUT2D eigenvalue weighted by Crippen LogP contribution is -2.37. The Bertz CT molecular complexity index is 560. The van der Waals surface area contributed by atoms with E-state index < -0.39 is 28.9 Å². The Morgan fingerprint density at radius 2 is 1.95 bits per heavy atom. The molecule has 0 aliphatic carbocycles. The summed E-state index contributed by atoms with van der Waals surface area (Å²) < 4.78 is 39.7. The average Bonchev–Trinajstić information content (AvgIpc) is 2.82. The van der Waals surface area contributed by atoms with E-state index in [1.807, 2.05) is 0 Å². The van der Waals surface area contributed by atoms with E-state index in [2.05, 4.69) is 0 Å². The Balaban J connectivity index is 2.27. The molecular weight excluding hydrogens is 271 g/mol. The molecule has 1 amide bonds. The molecule has 1 heterocycles. The zero-order valence-corrected chi connectivity index (χ0v) is 11.0. The van der Waals surface area contributed by atoms with Crippen molar-refractivity contribution in [2.75, 3.05) is 6.54 Å². The first-order valence-electron chi connectivity index (χ1n) is 6.35. The highest BCUT2D eigenvalue weighted by atomic mass is 19.2. The lowest BCUT2D eigenvalue weighted by atomic mass is 10.1. The molecule has 2 rings (SSSR count). The second kappa shape index (κ2) is 5.64. The van der Waals surface area contributed by atoms with Crippen LogP contribution in [0.25, 0.3) is 0 Å². The summed E-state index contributed by atoms with van der Waals surface area (Å²) in [6.45, 7) is 1.80. The molecule has 3 nitrogen and oxygen atoms in total. The molecule has 0 radical (unpaired) electrons. The number of rotatable bonds is 3. The lowest BCUT2D eigenvalue weighted by Gasteiger charge is -2.24. The first kappa shape index (κ1) is 14.6. The Labute approximate surface area is 114 Å². The molecule has 1 aromatic carbocycles. The standard InChI is InChI=1S/C14H14F3NO2/c1-8(19)7-9-3-2-6-18(9)14(20)10-4-5-11(15)13(17)12(10)16/h4-5,9H,2-3,6-7H2,1H3. The van der Waals surface area contributed by atoms with Crippen LogP contribution in [0, 0.1) is 17.5 Å². The third kappa shape index (κ3) is 2.69. The van der Waals surface area contributed by atoms with Crippen LogP contribution in [0.5, 0.6) is 0 Å². The second-order valence-corrected chi connectivity index (χ2v) is 4.92. The molecule has 0 N–H and O–H groups in total. The number of amides is 1. The maximum atomic E-state index is 13.6. The number of hydrogen-bond donors (Lipinski definition) is 0. The van der Waals surface area contributed by atoms with Crippen molar-refractivity contribution in [2.24, 2.45) is 0 Å². The monoisotopic (exact) mass is 285 g/mol. The van der Waals surface area contributed by atoms with E-state index in [9.17, 15) is 22.8 Å². The van der Waals surface area contributed by atoms with Gasteiger partial charge in [-0.2, -0.15) is 0 Å². The van der Waals surface area contributed by atoms with Crippen molar-refractivity contribution in [3.63, 3.8) is 0 Å². The highest BCUT2D eigenvalue weighted by Crippen LogP contribution is 2.25. The van der Waals surface area contributed by atoms with Crippen LogP contribution in [0.1, 0.15) is 36.5 Å². The molecule has 1 atom stereocenters. The van der Waals surface area contributed by atoms with E-state index >= 15 is 0 Å². The fraction of sp³-hybridized carbons (Fsp3) is 0.429. The van der Waals surface area contributed by atoms with Gasteiger partial charge in [-0.15, -0.1) is 0 Å². The largest absolute Gasteiger partial charge is 0.335 e. The summed E-state index contributed by atoms with van der Waals surface area (Å²) in [6, 6.07) is 1.36. The Morgan fingerprint density at radius 3 is 2.60 bits per heavy atom. The zero-order chi connectivity index (χ0) is 14.9. The van der Waals surface area contributed by atoms with E-state index in [0.29, 0.717) is 19.4 Å². The maximum Gasteiger partial charge on any atom is 0.257 e. The van der Waals surface area contributed by atoms with E-state index in [-0.39, 0.29) is 18.2 Å². The predicted molar refractivity (Wildman–Crippen MR) is 65.7 cm³/mol. The Hall–Kier alpha value is -1.85. The minimum absolute atomic E-state index is 0.0690. The van der Waals surface area contributed by atoms with Gasteiger partial charge in [0.15, 0.2) is 17.5 Å². The van der Waals surface area contributed by atoms with Crippen LogP contribution in [0.4, 0.5) is 13.2 Å². The molecule has 20 heavy (non-hydrogen) atoms. The normalized spacial score (nSPS) is 18.4. The molecule has 1 aliphatic rings. The average molecular weight is 285 g/mol. The number of ketones is 1. The van der Waals surface area contributed by atoms with Gasteiger partial charge < -0.3 is 4.90 Å². The van der Waals surface area contributed by atoms with Crippen LogP contribution < -0.4 is 0 Å².